The number of primary amides is 1. The number of amides is 1. The second kappa shape index (κ2) is 4.23. The van der Waals surface area contributed by atoms with Crippen LogP contribution >= 0.6 is 22.6 Å². The molecule has 0 atom stereocenters. The van der Waals surface area contributed by atoms with Gasteiger partial charge in [-0.1, -0.05) is 11.7 Å². The Kier molecular flexibility index (Phi) is 3.54. The molecule has 1 aliphatic rings. The van der Waals surface area contributed by atoms with Gasteiger partial charge in [0.25, 0.3) is 0 Å². The molecule has 3 nitrogen and oxygen atoms in total. The number of piperidine rings is 1. The van der Waals surface area contributed by atoms with Crippen molar-refractivity contribution in [3.05, 3.63) is 0 Å². The van der Waals surface area contributed by atoms with Crippen LogP contribution in [0.5, 0.6) is 0 Å². The Labute approximate surface area is 75.6 Å². The zero-order valence-corrected chi connectivity index (χ0v) is 7.90. The van der Waals surface area contributed by atoms with Crippen molar-refractivity contribution < 1.29 is 4.79 Å². The summed E-state index contributed by atoms with van der Waals surface area (Å²) in [4.78, 5) is 10.7. The average Bonchev–Trinajstić information content (AvgIpc) is 2.05. The van der Waals surface area contributed by atoms with Crippen molar-refractivity contribution in [3.63, 3.8) is 0 Å². The highest BCUT2D eigenvalue weighted by atomic mass is 33.1. The quantitative estimate of drug-likeness (QED) is 0.384. The summed E-state index contributed by atoms with van der Waals surface area (Å²) in [5.74, 6) is -0.0689. The Morgan fingerprint density at radius 3 is 2.45 bits per heavy atom. The normalized spacial score (nSPS) is 21.9. The molecule has 0 spiro atoms. The summed E-state index contributed by atoms with van der Waals surface area (Å²) < 4.78 is 2.13. The van der Waals surface area contributed by atoms with E-state index in [4.69, 9.17) is 5.73 Å². The number of hydrogen-bond donors (Lipinski definition) is 2. The van der Waals surface area contributed by atoms with Gasteiger partial charge in [0.05, 0.1) is 0 Å². The Morgan fingerprint density at radius 1 is 1.55 bits per heavy atom. The Morgan fingerprint density at radius 2 is 2.09 bits per heavy atom. The SMILES string of the molecule is NC(=O)C1CCN(SS)CC1. The Hall–Kier alpha value is 0.130. The molecule has 1 fully saturated rings. The van der Waals surface area contributed by atoms with E-state index in [2.05, 4.69) is 16.0 Å². The minimum Gasteiger partial charge on any atom is -0.369 e. The summed E-state index contributed by atoms with van der Waals surface area (Å²) in [7, 11) is 1.44. The first kappa shape index (κ1) is 9.22. The van der Waals surface area contributed by atoms with Crippen molar-refractivity contribution in [2.45, 2.75) is 12.8 Å². The highest BCUT2D eigenvalue weighted by molar-refractivity contribution is 8.67. The zero-order valence-electron chi connectivity index (χ0n) is 6.19. The first-order chi connectivity index (χ1) is 5.24. The molecule has 0 aromatic carbocycles. The maximum atomic E-state index is 10.7. The van der Waals surface area contributed by atoms with Crippen LogP contribution in [0.3, 0.4) is 0 Å². The van der Waals surface area contributed by atoms with Crippen molar-refractivity contribution in [3.8, 4) is 0 Å². The van der Waals surface area contributed by atoms with E-state index < -0.39 is 0 Å². The molecule has 64 valence electrons. The number of thiol groups is 1. The summed E-state index contributed by atoms with van der Waals surface area (Å²) in [6.07, 6.45) is 1.76. The predicted molar refractivity (Wildman–Crippen MR) is 50.1 cm³/mol. The fraction of sp³-hybridized carbons (Fsp3) is 0.833. The predicted octanol–water partition coefficient (Wildman–Crippen LogP) is 0.677. The average molecular weight is 192 g/mol. The Balaban J connectivity index is 2.30. The van der Waals surface area contributed by atoms with Crippen molar-refractivity contribution in [2.24, 2.45) is 11.7 Å². The molecule has 5 heteroatoms. The van der Waals surface area contributed by atoms with Gasteiger partial charge in [-0.3, -0.25) is 4.79 Å². The summed E-state index contributed by atoms with van der Waals surface area (Å²) in [5.41, 5.74) is 5.17. The van der Waals surface area contributed by atoms with E-state index >= 15 is 0 Å². The van der Waals surface area contributed by atoms with Gasteiger partial charge in [0.15, 0.2) is 0 Å². The second-order valence-corrected chi connectivity index (χ2v) is 3.86. The molecule has 0 radical (unpaired) electrons. The van der Waals surface area contributed by atoms with E-state index in [9.17, 15) is 4.79 Å². The van der Waals surface area contributed by atoms with Crippen LogP contribution in [0.15, 0.2) is 0 Å². The van der Waals surface area contributed by atoms with Crippen LogP contribution in [0.4, 0.5) is 0 Å². The van der Waals surface area contributed by atoms with Crippen LogP contribution in [-0.2, 0) is 4.79 Å². The number of nitrogens with zero attached hydrogens (tertiary/aromatic N) is 1. The molecule has 11 heavy (non-hydrogen) atoms. The van der Waals surface area contributed by atoms with Gasteiger partial charge >= 0.3 is 0 Å². The summed E-state index contributed by atoms with van der Waals surface area (Å²) in [6, 6.07) is 0. The standard InChI is InChI=1S/C6H12N2OS2/c7-6(9)5-1-3-8(11-10)4-2-5/h5,10H,1-4H2,(H2,7,9). The lowest BCUT2D eigenvalue weighted by molar-refractivity contribution is -0.122. The molecular formula is C6H12N2OS2. The molecule has 0 bridgehead atoms. The molecule has 1 saturated heterocycles. The van der Waals surface area contributed by atoms with E-state index in [1.807, 2.05) is 0 Å². The maximum Gasteiger partial charge on any atom is 0.220 e. The van der Waals surface area contributed by atoms with Crippen LogP contribution in [0.2, 0.25) is 0 Å². The van der Waals surface area contributed by atoms with Crippen LogP contribution in [0, 0.1) is 5.92 Å². The third-order valence-electron chi connectivity index (χ3n) is 1.97. The lowest BCUT2D eigenvalue weighted by Crippen LogP contribution is -2.34. The van der Waals surface area contributed by atoms with Gasteiger partial charge in [0.2, 0.25) is 5.91 Å². The maximum absolute atomic E-state index is 10.7. The van der Waals surface area contributed by atoms with Crippen LogP contribution in [0.25, 0.3) is 0 Å². The lowest BCUT2D eigenvalue weighted by Gasteiger charge is -2.27. The molecule has 0 aliphatic carbocycles. The van der Waals surface area contributed by atoms with E-state index in [0.717, 1.165) is 25.9 Å². The minimum absolute atomic E-state index is 0.0896. The molecule has 0 aromatic heterocycles. The minimum atomic E-state index is -0.159. The first-order valence-electron chi connectivity index (χ1n) is 3.60. The number of carbonyl (C=O) groups excluding carboxylic acids is 1. The number of carbonyl (C=O) groups is 1. The Bertz CT molecular complexity index is 146. The molecule has 0 saturated carbocycles. The number of nitrogens with two attached hydrogens (primary N) is 1. The van der Waals surface area contributed by atoms with E-state index in [-0.39, 0.29) is 11.8 Å². The van der Waals surface area contributed by atoms with Gasteiger partial charge in [-0.05, 0) is 23.8 Å². The highest BCUT2D eigenvalue weighted by Gasteiger charge is 2.22. The molecular weight excluding hydrogens is 180 g/mol. The van der Waals surface area contributed by atoms with Crippen molar-refractivity contribution in [1.29, 1.82) is 0 Å². The fourth-order valence-electron chi connectivity index (χ4n) is 1.22. The number of rotatable bonds is 2. The van der Waals surface area contributed by atoms with Crippen molar-refractivity contribution >= 4 is 28.5 Å². The van der Waals surface area contributed by atoms with Crippen LogP contribution < -0.4 is 5.73 Å². The summed E-state index contributed by atoms with van der Waals surface area (Å²) >= 11 is 4.07. The largest absolute Gasteiger partial charge is 0.369 e. The molecule has 2 N–H and O–H groups in total. The van der Waals surface area contributed by atoms with Gasteiger partial charge in [0, 0.05) is 19.0 Å². The van der Waals surface area contributed by atoms with E-state index in [0.29, 0.717) is 0 Å². The second-order valence-electron chi connectivity index (χ2n) is 2.69. The monoisotopic (exact) mass is 192 g/mol. The van der Waals surface area contributed by atoms with Gasteiger partial charge in [0.1, 0.15) is 0 Å². The zero-order chi connectivity index (χ0) is 8.27. The van der Waals surface area contributed by atoms with Crippen LogP contribution in [-0.4, -0.2) is 23.3 Å². The van der Waals surface area contributed by atoms with Crippen molar-refractivity contribution in [2.75, 3.05) is 13.1 Å². The third kappa shape index (κ3) is 2.57. The van der Waals surface area contributed by atoms with E-state index in [1.165, 1.54) is 11.0 Å². The van der Waals surface area contributed by atoms with Gasteiger partial charge in [-0.25, -0.2) is 4.31 Å². The fourth-order valence-corrected chi connectivity index (χ4v) is 2.09. The molecule has 1 rings (SSSR count). The first-order valence-corrected chi connectivity index (χ1v) is 5.42. The molecule has 1 heterocycles. The summed E-state index contributed by atoms with van der Waals surface area (Å²) in [6.45, 7) is 1.84. The molecule has 0 aromatic rings. The van der Waals surface area contributed by atoms with Gasteiger partial charge in [-0.2, -0.15) is 0 Å². The lowest BCUT2D eigenvalue weighted by atomic mass is 9.98. The summed E-state index contributed by atoms with van der Waals surface area (Å²) in [5, 5.41) is 0. The highest BCUT2D eigenvalue weighted by Crippen LogP contribution is 2.23. The molecule has 1 amide bonds. The third-order valence-corrected chi connectivity index (χ3v) is 3.26. The van der Waals surface area contributed by atoms with Gasteiger partial charge in [-0.15, -0.1) is 0 Å². The van der Waals surface area contributed by atoms with Gasteiger partial charge < -0.3 is 5.73 Å². The smallest absolute Gasteiger partial charge is 0.220 e. The number of hydrogen-bond acceptors (Lipinski definition) is 4. The van der Waals surface area contributed by atoms with Crippen molar-refractivity contribution in [1.82, 2.24) is 4.31 Å². The topological polar surface area (TPSA) is 46.3 Å². The molecule has 0 unspecified atom stereocenters. The van der Waals surface area contributed by atoms with Crippen LogP contribution in [0.1, 0.15) is 12.8 Å². The van der Waals surface area contributed by atoms with E-state index in [1.54, 1.807) is 0 Å². The molecule has 1 aliphatic heterocycles.